The van der Waals surface area contributed by atoms with E-state index >= 15 is 0 Å². The lowest BCUT2D eigenvalue weighted by Crippen LogP contribution is -2.01. The Balaban J connectivity index is 2.07. The molecule has 0 aliphatic heterocycles. The molecule has 0 heterocycles. The van der Waals surface area contributed by atoms with E-state index in [1.165, 1.54) is 33.4 Å². The maximum atomic E-state index is 2.26. The minimum atomic E-state index is 1.11. The van der Waals surface area contributed by atoms with Crippen molar-refractivity contribution in [3.63, 3.8) is 0 Å². The minimum Gasteiger partial charge on any atom is -0.0620 e. The Morgan fingerprint density at radius 1 is 0.400 bits per heavy atom. The number of hydrogen-bond acceptors (Lipinski definition) is 0. The molecule has 0 amide bonds. The van der Waals surface area contributed by atoms with Crippen LogP contribution in [0.25, 0.3) is 22.3 Å². The summed E-state index contributed by atoms with van der Waals surface area (Å²) in [7, 11) is 0. The number of fused-ring (bicyclic) bond motifs is 5. The normalized spacial score (nSPS) is 12.6. The van der Waals surface area contributed by atoms with Gasteiger partial charge >= 0.3 is 0 Å². The summed E-state index contributed by atoms with van der Waals surface area (Å²) >= 11 is 0. The number of hydrogen-bond donors (Lipinski definition) is 0. The second-order valence-electron chi connectivity index (χ2n) is 5.36. The highest BCUT2D eigenvalue weighted by Crippen LogP contribution is 2.38. The lowest BCUT2D eigenvalue weighted by molar-refractivity contribution is 0.960. The molecule has 1 aliphatic carbocycles. The molecule has 0 bridgehead atoms. The van der Waals surface area contributed by atoms with Crippen LogP contribution in [0.4, 0.5) is 0 Å². The molecule has 0 spiro atoms. The van der Waals surface area contributed by atoms with Gasteiger partial charge in [-0.2, -0.15) is 0 Å². The quantitative estimate of drug-likeness (QED) is 0.523. The fraction of sp³-hybridized carbons (Fsp3) is 0.100. The van der Waals surface area contributed by atoms with Crippen LogP contribution >= 0.6 is 0 Å². The van der Waals surface area contributed by atoms with Gasteiger partial charge in [-0.15, -0.1) is 0 Å². The van der Waals surface area contributed by atoms with Gasteiger partial charge in [-0.3, -0.25) is 0 Å². The maximum absolute atomic E-state index is 2.26. The van der Waals surface area contributed by atoms with E-state index in [0.717, 1.165) is 12.8 Å². The molecule has 3 aromatic rings. The van der Waals surface area contributed by atoms with E-state index in [4.69, 9.17) is 0 Å². The van der Waals surface area contributed by atoms with E-state index in [9.17, 15) is 0 Å². The van der Waals surface area contributed by atoms with Crippen molar-refractivity contribution < 1.29 is 0 Å². The Hall–Kier alpha value is -2.34. The first-order chi connectivity index (χ1) is 9.93. The van der Waals surface area contributed by atoms with Crippen molar-refractivity contribution in [3.05, 3.63) is 83.9 Å². The largest absolute Gasteiger partial charge is 0.0620 e. The Kier molecular flexibility index (Phi) is 2.67. The summed E-state index contributed by atoms with van der Waals surface area (Å²) in [4.78, 5) is 0. The highest BCUT2D eigenvalue weighted by molar-refractivity contribution is 5.86. The molecular formula is C20H16. The molecule has 96 valence electrons. The molecule has 0 radical (unpaired) electrons. The van der Waals surface area contributed by atoms with Gasteiger partial charge < -0.3 is 0 Å². The van der Waals surface area contributed by atoms with E-state index < -0.39 is 0 Å². The molecule has 0 saturated heterocycles. The molecule has 0 N–H and O–H groups in total. The van der Waals surface area contributed by atoms with Crippen molar-refractivity contribution in [1.29, 1.82) is 0 Å². The third kappa shape index (κ3) is 1.77. The summed E-state index contributed by atoms with van der Waals surface area (Å²) in [5, 5.41) is 0. The SMILES string of the molecule is c1ccc2c(c1)CCc1ccccc1-c1ccccc1-2. The van der Waals surface area contributed by atoms with E-state index in [1.54, 1.807) is 0 Å². The zero-order valence-corrected chi connectivity index (χ0v) is 11.3. The molecule has 0 nitrogen and oxygen atoms in total. The molecule has 0 aromatic heterocycles. The van der Waals surface area contributed by atoms with Crippen molar-refractivity contribution in [2.45, 2.75) is 12.8 Å². The Labute approximate surface area is 119 Å². The van der Waals surface area contributed by atoms with Gasteiger partial charge in [0, 0.05) is 0 Å². The summed E-state index contributed by atoms with van der Waals surface area (Å²) in [6, 6.07) is 26.4. The molecule has 0 saturated carbocycles. The van der Waals surface area contributed by atoms with Crippen LogP contribution in [0, 0.1) is 0 Å². The van der Waals surface area contributed by atoms with E-state index in [0.29, 0.717) is 0 Å². The molecule has 0 unspecified atom stereocenters. The average Bonchev–Trinajstić information content (AvgIpc) is 2.52. The lowest BCUT2D eigenvalue weighted by Gasteiger charge is -2.20. The molecule has 20 heavy (non-hydrogen) atoms. The fourth-order valence-corrected chi connectivity index (χ4v) is 3.22. The van der Waals surface area contributed by atoms with Gasteiger partial charge in [-0.25, -0.2) is 0 Å². The van der Waals surface area contributed by atoms with Crippen LogP contribution < -0.4 is 0 Å². The zero-order valence-electron chi connectivity index (χ0n) is 11.3. The van der Waals surface area contributed by atoms with Crippen LogP contribution in [0.1, 0.15) is 11.1 Å². The third-order valence-electron chi connectivity index (χ3n) is 4.21. The molecular weight excluding hydrogens is 240 g/mol. The Bertz CT molecular complexity index is 702. The van der Waals surface area contributed by atoms with Crippen molar-refractivity contribution in [2.24, 2.45) is 0 Å². The van der Waals surface area contributed by atoms with E-state index in [-0.39, 0.29) is 0 Å². The number of rotatable bonds is 0. The van der Waals surface area contributed by atoms with Crippen LogP contribution in [0.15, 0.2) is 72.8 Å². The Morgan fingerprint density at radius 3 is 1.20 bits per heavy atom. The van der Waals surface area contributed by atoms with Crippen LogP contribution in [0.3, 0.4) is 0 Å². The van der Waals surface area contributed by atoms with Gasteiger partial charge in [0.1, 0.15) is 0 Å². The predicted octanol–water partition coefficient (Wildman–Crippen LogP) is 5.12. The standard InChI is InChI=1S/C20H16/c1-3-9-17-15(7-1)13-14-16-8-2-4-10-18(16)20-12-6-5-11-19(17)20/h1-12H,13-14H2. The van der Waals surface area contributed by atoms with E-state index in [1.807, 2.05) is 0 Å². The first kappa shape index (κ1) is 11.5. The molecule has 0 heteroatoms. The van der Waals surface area contributed by atoms with Gasteiger partial charge in [-0.05, 0) is 46.2 Å². The van der Waals surface area contributed by atoms with Crippen molar-refractivity contribution in [1.82, 2.24) is 0 Å². The number of aryl methyl sites for hydroxylation is 2. The highest BCUT2D eigenvalue weighted by atomic mass is 14.2. The minimum absolute atomic E-state index is 1.11. The summed E-state index contributed by atoms with van der Waals surface area (Å²) in [5.41, 5.74) is 8.39. The molecule has 4 rings (SSSR count). The second kappa shape index (κ2) is 4.64. The molecule has 1 aliphatic rings. The first-order valence-corrected chi connectivity index (χ1v) is 7.19. The van der Waals surface area contributed by atoms with Gasteiger partial charge in [0.15, 0.2) is 0 Å². The van der Waals surface area contributed by atoms with Crippen molar-refractivity contribution in [3.8, 4) is 22.3 Å². The summed E-state index contributed by atoms with van der Waals surface area (Å²) in [5.74, 6) is 0. The first-order valence-electron chi connectivity index (χ1n) is 7.19. The zero-order chi connectivity index (χ0) is 13.4. The topological polar surface area (TPSA) is 0 Å². The summed E-state index contributed by atoms with van der Waals surface area (Å²) in [6.45, 7) is 0. The fourth-order valence-electron chi connectivity index (χ4n) is 3.22. The number of benzene rings is 3. The Morgan fingerprint density at radius 2 is 0.750 bits per heavy atom. The molecule has 3 aromatic carbocycles. The van der Waals surface area contributed by atoms with Gasteiger partial charge in [-0.1, -0.05) is 72.8 Å². The van der Waals surface area contributed by atoms with Crippen LogP contribution in [-0.4, -0.2) is 0 Å². The highest BCUT2D eigenvalue weighted by Gasteiger charge is 2.15. The summed E-state index contributed by atoms with van der Waals surface area (Å²) < 4.78 is 0. The van der Waals surface area contributed by atoms with Crippen molar-refractivity contribution >= 4 is 0 Å². The smallest absolute Gasteiger partial charge is 0.0103 e. The molecule has 0 fully saturated rings. The monoisotopic (exact) mass is 256 g/mol. The van der Waals surface area contributed by atoms with E-state index in [2.05, 4.69) is 72.8 Å². The van der Waals surface area contributed by atoms with Gasteiger partial charge in [0.25, 0.3) is 0 Å². The van der Waals surface area contributed by atoms with Crippen molar-refractivity contribution in [2.75, 3.05) is 0 Å². The second-order valence-corrected chi connectivity index (χ2v) is 5.36. The van der Waals surface area contributed by atoms with Gasteiger partial charge in [0.2, 0.25) is 0 Å². The summed E-state index contributed by atoms with van der Waals surface area (Å²) in [6.07, 6.45) is 2.23. The van der Waals surface area contributed by atoms with Gasteiger partial charge in [0.05, 0.1) is 0 Å². The maximum Gasteiger partial charge on any atom is -0.0103 e. The lowest BCUT2D eigenvalue weighted by atomic mass is 9.84. The molecule has 0 atom stereocenters. The van der Waals surface area contributed by atoms with Crippen LogP contribution in [-0.2, 0) is 12.8 Å². The van der Waals surface area contributed by atoms with Crippen LogP contribution in [0.2, 0.25) is 0 Å². The average molecular weight is 256 g/mol. The van der Waals surface area contributed by atoms with Crippen LogP contribution in [0.5, 0.6) is 0 Å². The predicted molar refractivity (Wildman–Crippen MR) is 84.7 cm³/mol. The third-order valence-corrected chi connectivity index (χ3v) is 4.21.